The number of carbonyl (C=O) groups is 1. The van der Waals surface area contributed by atoms with Crippen molar-refractivity contribution in [2.45, 2.75) is 38.6 Å². The highest BCUT2D eigenvalue weighted by atomic mass is 79.9. The smallest absolute Gasteiger partial charge is 0.246 e. The largest absolute Gasteiger partial charge is 0.341 e. The van der Waals surface area contributed by atoms with Crippen LogP contribution in [-0.2, 0) is 11.3 Å². The summed E-state index contributed by atoms with van der Waals surface area (Å²) in [4.78, 5) is 16.0. The number of carbonyl (C=O) groups excluding carboxylic acids is 1. The molecule has 0 bridgehead atoms. The van der Waals surface area contributed by atoms with Crippen molar-refractivity contribution in [3.63, 3.8) is 0 Å². The second kappa shape index (κ2) is 7.23. The van der Waals surface area contributed by atoms with Crippen LogP contribution in [0.2, 0.25) is 0 Å². The number of benzene rings is 1. The van der Waals surface area contributed by atoms with Gasteiger partial charge in [-0.3, -0.25) is 4.79 Å². The molecule has 1 aliphatic heterocycles. The van der Waals surface area contributed by atoms with Crippen LogP contribution in [-0.4, -0.2) is 44.1 Å². The zero-order chi connectivity index (χ0) is 17.2. The molecule has 6 nitrogen and oxygen atoms in total. The Balaban J connectivity index is 1.39. The maximum Gasteiger partial charge on any atom is 0.246 e. The van der Waals surface area contributed by atoms with E-state index in [1.807, 2.05) is 29.2 Å². The van der Waals surface area contributed by atoms with E-state index >= 15 is 0 Å². The van der Waals surface area contributed by atoms with Gasteiger partial charge in [-0.1, -0.05) is 35.2 Å². The number of amides is 1. The molecule has 0 radical (unpaired) electrons. The Morgan fingerprint density at radius 1 is 1.12 bits per heavy atom. The molecule has 1 aliphatic carbocycles. The number of hydrogen-bond donors (Lipinski definition) is 0. The van der Waals surface area contributed by atoms with E-state index in [2.05, 4.69) is 31.3 Å². The van der Waals surface area contributed by atoms with Crippen molar-refractivity contribution in [1.29, 1.82) is 0 Å². The molecule has 4 rings (SSSR count). The normalized spacial score (nSPS) is 23.3. The molecule has 0 N–H and O–H groups in total. The van der Waals surface area contributed by atoms with Crippen LogP contribution in [0.1, 0.15) is 32.1 Å². The van der Waals surface area contributed by atoms with Gasteiger partial charge < -0.3 is 4.90 Å². The highest BCUT2D eigenvalue weighted by molar-refractivity contribution is 9.10. The number of halogens is 1. The number of piperidine rings is 1. The summed E-state index contributed by atoms with van der Waals surface area (Å²) in [6.07, 6.45) is 6.42. The van der Waals surface area contributed by atoms with E-state index in [-0.39, 0.29) is 12.5 Å². The van der Waals surface area contributed by atoms with E-state index in [0.717, 1.165) is 35.5 Å². The first-order valence-corrected chi connectivity index (χ1v) is 9.80. The molecule has 25 heavy (non-hydrogen) atoms. The maximum atomic E-state index is 12.6. The summed E-state index contributed by atoms with van der Waals surface area (Å²) in [6.45, 7) is 1.94. The summed E-state index contributed by atoms with van der Waals surface area (Å²) in [5.41, 5.74) is 0.893. The number of tetrazole rings is 1. The summed E-state index contributed by atoms with van der Waals surface area (Å²) in [5.74, 6) is 2.16. The lowest BCUT2D eigenvalue weighted by molar-refractivity contribution is -0.135. The van der Waals surface area contributed by atoms with Crippen LogP contribution >= 0.6 is 15.9 Å². The number of hydrogen-bond acceptors (Lipinski definition) is 4. The molecule has 0 unspecified atom stereocenters. The predicted molar refractivity (Wildman–Crippen MR) is 97.6 cm³/mol. The van der Waals surface area contributed by atoms with Crippen molar-refractivity contribution in [3.8, 4) is 11.4 Å². The van der Waals surface area contributed by atoms with Crippen LogP contribution < -0.4 is 0 Å². The van der Waals surface area contributed by atoms with Crippen LogP contribution in [0.3, 0.4) is 0 Å². The lowest BCUT2D eigenvalue weighted by Gasteiger charge is -2.41. The summed E-state index contributed by atoms with van der Waals surface area (Å²) >= 11 is 3.41. The maximum absolute atomic E-state index is 12.6. The molecule has 1 saturated heterocycles. The monoisotopic (exact) mass is 403 g/mol. The van der Waals surface area contributed by atoms with Gasteiger partial charge in [-0.25, -0.2) is 0 Å². The molecular formula is C18H22BrN5O. The van der Waals surface area contributed by atoms with Gasteiger partial charge in [0.2, 0.25) is 11.7 Å². The second-order valence-corrected chi connectivity index (χ2v) is 8.00. The molecule has 1 amide bonds. The van der Waals surface area contributed by atoms with E-state index in [1.165, 1.54) is 30.5 Å². The fourth-order valence-corrected chi connectivity index (χ4v) is 4.34. The molecule has 1 aromatic heterocycles. The van der Waals surface area contributed by atoms with E-state index in [9.17, 15) is 4.79 Å². The molecule has 1 saturated carbocycles. The van der Waals surface area contributed by atoms with Crippen LogP contribution in [0.25, 0.3) is 11.4 Å². The molecule has 2 aliphatic rings. The Bertz CT molecular complexity index is 744. The number of nitrogens with zero attached hydrogens (tertiary/aromatic N) is 5. The van der Waals surface area contributed by atoms with Gasteiger partial charge in [-0.15, -0.1) is 10.2 Å². The van der Waals surface area contributed by atoms with Gasteiger partial charge in [-0.05, 0) is 54.2 Å². The molecule has 2 aromatic rings. The van der Waals surface area contributed by atoms with E-state index in [1.54, 1.807) is 0 Å². The standard InChI is InChI=1S/C18H22BrN5O/c19-16-7-5-14(6-8-16)18-20-22-24(21-18)12-17(25)23-10-9-13-3-1-2-4-15(13)11-23/h5-8,13,15H,1-4,9-12H2/t13-,15-/m0/s1. The Labute approximate surface area is 155 Å². The SMILES string of the molecule is O=C(Cn1nnc(-c2ccc(Br)cc2)n1)N1CC[C@@H]2CCCC[C@H]2C1. The fraction of sp³-hybridized carbons (Fsp3) is 0.556. The minimum atomic E-state index is 0.101. The first kappa shape index (κ1) is 16.7. The Hall–Kier alpha value is -1.76. The zero-order valence-corrected chi connectivity index (χ0v) is 15.7. The summed E-state index contributed by atoms with van der Waals surface area (Å²) < 4.78 is 1.00. The highest BCUT2D eigenvalue weighted by Gasteiger charge is 2.33. The lowest BCUT2D eigenvalue weighted by atomic mass is 9.75. The van der Waals surface area contributed by atoms with Crippen molar-refractivity contribution in [3.05, 3.63) is 28.7 Å². The van der Waals surface area contributed by atoms with Crippen molar-refractivity contribution >= 4 is 21.8 Å². The van der Waals surface area contributed by atoms with Crippen LogP contribution in [0.15, 0.2) is 28.7 Å². The van der Waals surface area contributed by atoms with E-state index in [0.29, 0.717) is 11.7 Å². The molecule has 0 spiro atoms. The van der Waals surface area contributed by atoms with Crippen LogP contribution in [0, 0.1) is 11.8 Å². The van der Waals surface area contributed by atoms with Gasteiger partial charge in [0.25, 0.3) is 0 Å². The number of likely N-dealkylation sites (tertiary alicyclic amines) is 1. The molecule has 7 heteroatoms. The first-order valence-electron chi connectivity index (χ1n) is 9.00. The molecule has 2 fully saturated rings. The quantitative estimate of drug-likeness (QED) is 0.789. The Kier molecular flexibility index (Phi) is 4.83. The van der Waals surface area contributed by atoms with Crippen molar-refractivity contribution in [1.82, 2.24) is 25.1 Å². The van der Waals surface area contributed by atoms with Gasteiger partial charge in [0, 0.05) is 23.1 Å². The van der Waals surface area contributed by atoms with Crippen molar-refractivity contribution in [2.24, 2.45) is 11.8 Å². The molecule has 132 valence electrons. The predicted octanol–water partition coefficient (Wildman–Crippen LogP) is 3.14. The van der Waals surface area contributed by atoms with Gasteiger partial charge >= 0.3 is 0 Å². The first-order chi connectivity index (χ1) is 12.2. The zero-order valence-electron chi connectivity index (χ0n) is 14.1. The Morgan fingerprint density at radius 2 is 1.88 bits per heavy atom. The Morgan fingerprint density at radius 3 is 2.68 bits per heavy atom. The molecular weight excluding hydrogens is 382 g/mol. The van der Waals surface area contributed by atoms with Crippen molar-refractivity contribution in [2.75, 3.05) is 13.1 Å². The average Bonchev–Trinajstić information content (AvgIpc) is 3.10. The average molecular weight is 404 g/mol. The third-order valence-electron chi connectivity index (χ3n) is 5.48. The fourth-order valence-electron chi connectivity index (χ4n) is 4.07. The van der Waals surface area contributed by atoms with Gasteiger partial charge in [0.15, 0.2) is 0 Å². The van der Waals surface area contributed by atoms with Crippen molar-refractivity contribution < 1.29 is 4.79 Å². The third kappa shape index (κ3) is 3.76. The third-order valence-corrected chi connectivity index (χ3v) is 6.00. The molecule has 1 aromatic carbocycles. The summed E-state index contributed by atoms with van der Waals surface area (Å²) in [5, 5.41) is 12.5. The van der Waals surface area contributed by atoms with Crippen LogP contribution in [0.5, 0.6) is 0 Å². The van der Waals surface area contributed by atoms with Crippen LogP contribution in [0.4, 0.5) is 0 Å². The van der Waals surface area contributed by atoms with E-state index in [4.69, 9.17) is 0 Å². The molecule has 2 atom stereocenters. The highest BCUT2D eigenvalue weighted by Crippen LogP contribution is 2.36. The topological polar surface area (TPSA) is 63.9 Å². The van der Waals surface area contributed by atoms with E-state index < -0.39 is 0 Å². The minimum absolute atomic E-state index is 0.101. The van der Waals surface area contributed by atoms with Gasteiger partial charge in [-0.2, -0.15) is 4.80 Å². The number of rotatable bonds is 3. The molecule has 2 heterocycles. The second-order valence-electron chi connectivity index (χ2n) is 7.08. The number of aromatic nitrogens is 4. The minimum Gasteiger partial charge on any atom is -0.341 e. The number of fused-ring (bicyclic) bond motifs is 1. The summed E-state index contributed by atoms with van der Waals surface area (Å²) in [6, 6.07) is 7.74. The summed E-state index contributed by atoms with van der Waals surface area (Å²) in [7, 11) is 0. The van der Waals surface area contributed by atoms with Gasteiger partial charge in [0.05, 0.1) is 0 Å². The lowest BCUT2D eigenvalue weighted by Crippen LogP contribution is -2.46. The van der Waals surface area contributed by atoms with Gasteiger partial charge in [0.1, 0.15) is 6.54 Å².